The number of carbonyl (C=O) groups is 3. The van der Waals surface area contributed by atoms with E-state index in [1.165, 1.54) is 6.20 Å². The summed E-state index contributed by atoms with van der Waals surface area (Å²) in [6.45, 7) is 2.02. The highest BCUT2D eigenvalue weighted by Crippen LogP contribution is 2.22. The molecule has 0 unspecified atom stereocenters. The molecule has 0 bridgehead atoms. The van der Waals surface area contributed by atoms with Crippen molar-refractivity contribution in [2.75, 3.05) is 11.9 Å². The van der Waals surface area contributed by atoms with Gasteiger partial charge in [-0.25, -0.2) is 4.79 Å². The van der Waals surface area contributed by atoms with Gasteiger partial charge in [0.2, 0.25) is 0 Å². The number of anilines is 1. The maximum Gasteiger partial charge on any atom is 0.318 e. The fourth-order valence-corrected chi connectivity index (χ4v) is 2.72. The molecular formula is C21H21N5O4. The number of aromatic nitrogens is 2. The largest absolute Gasteiger partial charge is 0.484 e. The summed E-state index contributed by atoms with van der Waals surface area (Å²) in [5.74, 6) is -0.516. The molecule has 0 spiro atoms. The number of hydrogen-bond donors (Lipinski definition) is 3. The SMILES string of the molecule is Cc1cc(OCC(=O)NC(N)=O)ccc1NC(=O)c1cnn(Cc2ccccc2)c1. The van der Waals surface area contributed by atoms with Crippen molar-refractivity contribution in [2.45, 2.75) is 13.5 Å². The smallest absolute Gasteiger partial charge is 0.318 e. The van der Waals surface area contributed by atoms with Crippen LogP contribution in [0.25, 0.3) is 0 Å². The first-order chi connectivity index (χ1) is 14.4. The van der Waals surface area contributed by atoms with Gasteiger partial charge in [-0.15, -0.1) is 0 Å². The number of carbonyl (C=O) groups excluding carboxylic acids is 3. The number of ether oxygens (including phenoxy) is 1. The molecule has 154 valence electrons. The highest BCUT2D eigenvalue weighted by Gasteiger charge is 2.12. The van der Waals surface area contributed by atoms with Gasteiger partial charge in [0, 0.05) is 11.9 Å². The van der Waals surface area contributed by atoms with Crippen LogP contribution in [0, 0.1) is 6.92 Å². The molecule has 0 atom stereocenters. The fraction of sp³-hybridized carbons (Fsp3) is 0.143. The first-order valence-electron chi connectivity index (χ1n) is 9.11. The van der Waals surface area contributed by atoms with Crippen molar-refractivity contribution < 1.29 is 19.1 Å². The molecule has 0 saturated carbocycles. The number of amides is 4. The number of primary amides is 1. The summed E-state index contributed by atoms with van der Waals surface area (Å²) in [4.78, 5) is 34.6. The van der Waals surface area contributed by atoms with Crippen molar-refractivity contribution >= 4 is 23.5 Å². The molecule has 1 heterocycles. The summed E-state index contributed by atoms with van der Waals surface area (Å²) in [6, 6.07) is 13.8. The van der Waals surface area contributed by atoms with Crippen LogP contribution in [0.1, 0.15) is 21.5 Å². The fourth-order valence-electron chi connectivity index (χ4n) is 2.72. The lowest BCUT2D eigenvalue weighted by Crippen LogP contribution is -2.38. The molecule has 0 aliphatic heterocycles. The van der Waals surface area contributed by atoms with Crippen molar-refractivity contribution in [2.24, 2.45) is 5.73 Å². The molecule has 4 amide bonds. The van der Waals surface area contributed by atoms with E-state index >= 15 is 0 Å². The Hall–Kier alpha value is -4.14. The van der Waals surface area contributed by atoms with Gasteiger partial charge in [-0.05, 0) is 36.2 Å². The third-order valence-corrected chi connectivity index (χ3v) is 4.16. The zero-order valence-corrected chi connectivity index (χ0v) is 16.3. The highest BCUT2D eigenvalue weighted by molar-refractivity contribution is 6.04. The minimum absolute atomic E-state index is 0.285. The molecule has 0 aliphatic rings. The molecule has 0 fully saturated rings. The number of nitrogens with one attached hydrogen (secondary N) is 2. The molecule has 3 rings (SSSR count). The topological polar surface area (TPSA) is 128 Å². The van der Waals surface area contributed by atoms with E-state index in [0.29, 0.717) is 23.5 Å². The van der Waals surface area contributed by atoms with Gasteiger partial charge in [0.1, 0.15) is 5.75 Å². The summed E-state index contributed by atoms with van der Waals surface area (Å²) in [5.41, 5.74) is 7.74. The Labute approximate surface area is 172 Å². The number of benzene rings is 2. The molecule has 1 aromatic heterocycles. The summed E-state index contributed by atoms with van der Waals surface area (Å²) in [5, 5.41) is 8.98. The second-order valence-electron chi connectivity index (χ2n) is 6.54. The molecule has 2 aromatic carbocycles. The van der Waals surface area contributed by atoms with Gasteiger partial charge < -0.3 is 15.8 Å². The molecule has 0 aliphatic carbocycles. The minimum Gasteiger partial charge on any atom is -0.484 e. The summed E-state index contributed by atoms with van der Waals surface area (Å²) in [6.07, 6.45) is 3.20. The first-order valence-corrected chi connectivity index (χ1v) is 9.11. The standard InChI is InChI=1S/C21H21N5O4/c1-14-9-17(30-13-19(27)25-21(22)29)7-8-18(14)24-20(28)16-10-23-26(12-16)11-15-5-3-2-4-6-15/h2-10,12H,11,13H2,1H3,(H,24,28)(H3,22,25,27,29). The lowest BCUT2D eigenvalue weighted by atomic mass is 10.2. The number of imide groups is 1. The average molecular weight is 407 g/mol. The Bertz CT molecular complexity index is 1060. The summed E-state index contributed by atoms with van der Waals surface area (Å²) < 4.78 is 7.01. The van der Waals surface area contributed by atoms with E-state index in [0.717, 1.165) is 11.1 Å². The van der Waals surface area contributed by atoms with Gasteiger partial charge in [0.05, 0.1) is 18.3 Å². The molecular weight excluding hydrogens is 386 g/mol. The number of urea groups is 1. The number of nitrogens with two attached hydrogens (primary N) is 1. The second-order valence-corrected chi connectivity index (χ2v) is 6.54. The Morgan fingerprint density at radius 3 is 2.60 bits per heavy atom. The molecule has 9 heteroatoms. The van der Waals surface area contributed by atoms with Gasteiger partial charge >= 0.3 is 6.03 Å². The van der Waals surface area contributed by atoms with E-state index in [9.17, 15) is 14.4 Å². The summed E-state index contributed by atoms with van der Waals surface area (Å²) in [7, 11) is 0. The van der Waals surface area contributed by atoms with Crippen LogP contribution >= 0.6 is 0 Å². The van der Waals surface area contributed by atoms with Gasteiger partial charge in [0.25, 0.3) is 11.8 Å². The van der Waals surface area contributed by atoms with E-state index in [-0.39, 0.29) is 12.5 Å². The van der Waals surface area contributed by atoms with E-state index < -0.39 is 11.9 Å². The van der Waals surface area contributed by atoms with Crippen molar-refractivity contribution in [3.05, 3.63) is 77.6 Å². The normalized spacial score (nSPS) is 10.3. The van der Waals surface area contributed by atoms with E-state index in [1.54, 1.807) is 36.0 Å². The van der Waals surface area contributed by atoms with Gasteiger partial charge in [-0.3, -0.25) is 19.6 Å². The van der Waals surface area contributed by atoms with Crippen molar-refractivity contribution in [1.82, 2.24) is 15.1 Å². The Morgan fingerprint density at radius 1 is 1.13 bits per heavy atom. The molecule has 4 N–H and O–H groups in total. The minimum atomic E-state index is -0.940. The quantitative estimate of drug-likeness (QED) is 0.552. The number of rotatable bonds is 7. The Kier molecular flexibility index (Phi) is 6.43. The van der Waals surface area contributed by atoms with Gasteiger partial charge in [-0.1, -0.05) is 30.3 Å². The Morgan fingerprint density at radius 2 is 1.90 bits per heavy atom. The van der Waals surface area contributed by atoms with Crippen molar-refractivity contribution in [1.29, 1.82) is 0 Å². The maximum absolute atomic E-state index is 12.5. The van der Waals surface area contributed by atoms with Crippen LogP contribution in [-0.4, -0.2) is 34.2 Å². The van der Waals surface area contributed by atoms with Crippen molar-refractivity contribution in [3.63, 3.8) is 0 Å². The van der Waals surface area contributed by atoms with Crippen LogP contribution in [0.15, 0.2) is 60.9 Å². The molecule has 30 heavy (non-hydrogen) atoms. The highest BCUT2D eigenvalue weighted by atomic mass is 16.5. The number of aryl methyl sites for hydroxylation is 1. The van der Waals surface area contributed by atoms with Crippen LogP contribution in [-0.2, 0) is 11.3 Å². The summed E-state index contributed by atoms with van der Waals surface area (Å²) >= 11 is 0. The number of nitrogens with zero attached hydrogens (tertiary/aromatic N) is 2. The van der Waals surface area contributed by atoms with Crippen LogP contribution in [0.2, 0.25) is 0 Å². The molecule has 3 aromatic rings. The number of hydrogen-bond acceptors (Lipinski definition) is 5. The Balaban J connectivity index is 1.59. The maximum atomic E-state index is 12.5. The van der Waals surface area contributed by atoms with E-state index in [2.05, 4.69) is 10.4 Å². The third-order valence-electron chi connectivity index (χ3n) is 4.16. The molecule has 0 saturated heterocycles. The average Bonchev–Trinajstić information content (AvgIpc) is 3.17. The van der Waals surface area contributed by atoms with Gasteiger partial charge in [0.15, 0.2) is 6.61 Å². The monoisotopic (exact) mass is 407 g/mol. The first kappa shape index (κ1) is 20.6. The third kappa shape index (κ3) is 5.68. The predicted octanol–water partition coefficient (Wildman–Crippen LogP) is 2.07. The second kappa shape index (κ2) is 9.37. The lowest BCUT2D eigenvalue weighted by Gasteiger charge is -2.10. The van der Waals surface area contributed by atoms with Crippen molar-refractivity contribution in [3.8, 4) is 5.75 Å². The van der Waals surface area contributed by atoms with Gasteiger partial charge in [-0.2, -0.15) is 5.10 Å². The molecule has 0 radical (unpaired) electrons. The van der Waals surface area contributed by atoms with Crippen LogP contribution < -0.4 is 21.1 Å². The lowest BCUT2D eigenvalue weighted by molar-refractivity contribution is -0.121. The van der Waals surface area contributed by atoms with Crippen LogP contribution in [0.4, 0.5) is 10.5 Å². The van der Waals surface area contributed by atoms with E-state index in [4.69, 9.17) is 10.5 Å². The van der Waals surface area contributed by atoms with E-state index in [1.807, 2.05) is 35.6 Å². The predicted molar refractivity (Wildman–Crippen MR) is 110 cm³/mol. The molecule has 9 nitrogen and oxygen atoms in total. The van der Waals surface area contributed by atoms with Crippen LogP contribution in [0.3, 0.4) is 0 Å². The zero-order chi connectivity index (χ0) is 21.5. The van der Waals surface area contributed by atoms with Crippen LogP contribution in [0.5, 0.6) is 5.75 Å². The zero-order valence-electron chi connectivity index (χ0n) is 16.3.